The Morgan fingerprint density at radius 3 is 1.48 bits per heavy atom. The van der Waals surface area contributed by atoms with Gasteiger partial charge in [-0.1, -0.05) is 145 Å². The molecule has 0 radical (unpaired) electrons. The minimum atomic E-state index is -1.34. The van der Waals surface area contributed by atoms with Crippen LogP contribution in [0.4, 0.5) is 0 Å². The van der Waals surface area contributed by atoms with Crippen molar-refractivity contribution in [3.63, 3.8) is 0 Å². The van der Waals surface area contributed by atoms with Crippen LogP contribution in [0.25, 0.3) is 32.7 Å². The van der Waals surface area contributed by atoms with E-state index in [1.807, 2.05) is 17.1 Å². The Hall–Kier alpha value is -1.76. The van der Waals surface area contributed by atoms with Crippen LogP contribution < -0.4 is 5.46 Å². The zero-order valence-electron chi connectivity index (χ0n) is 21.7. The number of rotatable bonds is 2. The summed E-state index contributed by atoms with van der Waals surface area (Å²) in [7, 11) is -1.34. The molecular weight excluding hydrogens is 853 g/mol. The van der Waals surface area contributed by atoms with E-state index in [9.17, 15) is 0 Å². The highest BCUT2D eigenvalue weighted by Gasteiger charge is 2.07. The number of hydrogen-bond acceptors (Lipinski definition) is 2. The Labute approximate surface area is 280 Å². The largest absolute Gasteiger partial charge is 0.488 e. The van der Waals surface area contributed by atoms with Crippen molar-refractivity contribution >= 4 is 111 Å². The van der Waals surface area contributed by atoms with Gasteiger partial charge in [-0.2, -0.15) is 0 Å². The van der Waals surface area contributed by atoms with Gasteiger partial charge in [-0.25, -0.2) is 0 Å². The van der Waals surface area contributed by atoms with Crippen LogP contribution in [0.2, 0.25) is 0 Å². The Morgan fingerprint density at radius 1 is 0.500 bits per heavy atom. The first kappa shape index (κ1) is 32.8. The summed E-state index contributed by atoms with van der Waals surface area (Å²) in [5.41, 5.74) is 3.05. The van der Waals surface area contributed by atoms with Crippen molar-refractivity contribution in [1.29, 1.82) is 0 Å². The Kier molecular flexibility index (Phi) is 14.1. The van der Waals surface area contributed by atoms with Crippen LogP contribution in [0.5, 0.6) is 0 Å². The fraction of sp³-hybridized carbons (Fsp3) is 0.0303. The maximum Gasteiger partial charge on any atom is 0.488 e. The van der Waals surface area contributed by atoms with E-state index in [-0.39, 0.29) is 0 Å². The minimum absolute atomic E-state index is 0.525. The van der Waals surface area contributed by atoms with Gasteiger partial charge in [-0.05, 0) is 108 Å². The number of hydrogen-bond donors (Lipinski definition) is 2. The zero-order valence-corrected chi connectivity index (χ0v) is 29.2. The Morgan fingerprint density at radius 2 is 0.950 bits per heavy atom. The molecule has 0 bridgehead atoms. The molecule has 0 atom stereocenters. The Bertz CT molecular complexity index is 1590. The molecule has 0 fully saturated rings. The van der Waals surface area contributed by atoms with Crippen LogP contribution in [-0.2, 0) is 0 Å². The average Bonchev–Trinajstić information content (AvgIpc) is 2.99. The first-order chi connectivity index (χ1) is 19.4. The summed E-state index contributed by atoms with van der Waals surface area (Å²) in [6, 6.07) is 44.8. The van der Waals surface area contributed by atoms with Crippen molar-refractivity contribution < 1.29 is 10.0 Å². The fourth-order valence-electron chi connectivity index (χ4n) is 3.84. The van der Waals surface area contributed by atoms with Crippen LogP contribution in [0, 0.1) is 3.57 Å². The second-order valence-electron chi connectivity index (χ2n) is 8.49. The molecule has 0 amide bonds. The fourth-order valence-corrected chi connectivity index (χ4v) is 5.11. The van der Waals surface area contributed by atoms with Crippen molar-refractivity contribution in [3.05, 3.63) is 146 Å². The van der Waals surface area contributed by atoms with Gasteiger partial charge in [-0.15, -0.1) is 0 Å². The molecule has 0 aliphatic rings. The van der Waals surface area contributed by atoms with Gasteiger partial charge in [0.1, 0.15) is 0 Å². The quantitative estimate of drug-likeness (QED) is 0.103. The molecule has 6 rings (SSSR count). The van der Waals surface area contributed by atoms with Gasteiger partial charge in [0.25, 0.3) is 0 Å². The lowest BCUT2D eigenvalue weighted by Crippen LogP contribution is -2.29. The van der Waals surface area contributed by atoms with Gasteiger partial charge >= 0.3 is 7.12 Å². The molecule has 0 aliphatic heterocycles. The van der Waals surface area contributed by atoms with Gasteiger partial charge in [0.05, 0.1) is 0 Å². The first-order valence-corrected chi connectivity index (χ1v) is 17.1. The first-order valence-electron chi connectivity index (χ1n) is 12.3. The second kappa shape index (κ2) is 17.3. The molecule has 2 N–H and O–H groups in total. The topological polar surface area (TPSA) is 40.5 Å². The molecule has 202 valence electrons. The standard InChI is InChI=1S/C16H11Br.C10H6BrI.C6H7BO2.CH3I/c17-16-9-8-14-10-13(6-7-15(14)11-16)12-4-2-1-3-5-12;11-9-3-1-8-6-10(12)4-2-7(8)5-9;8-7(9)6-4-2-1-3-5-6;1-2/h1-11H;1-6H;1-5,8-9H;1H3. The van der Waals surface area contributed by atoms with E-state index < -0.39 is 7.12 Å². The van der Waals surface area contributed by atoms with Gasteiger partial charge in [0.2, 0.25) is 0 Å². The molecule has 0 saturated carbocycles. The minimum Gasteiger partial charge on any atom is -0.423 e. The zero-order chi connectivity index (χ0) is 28.9. The van der Waals surface area contributed by atoms with E-state index in [0.717, 1.165) is 8.95 Å². The van der Waals surface area contributed by atoms with Crippen LogP contribution >= 0.6 is 77.0 Å². The van der Waals surface area contributed by atoms with Crippen LogP contribution in [0.1, 0.15) is 0 Å². The van der Waals surface area contributed by atoms with Crippen LogP contribution in [0.3, 0.4) is 0 Å². The van der Waals surface area contributed by atoms with Crippen molar-refractivity contribution in [2.45, 2.75) is 0 Å². The van der Waals surface area contributed by atoms with E-state index in [1.54, 1.807) is 24.3 Å². The molecule has 6 aromatic carbocycles. The monoisotopic (exact) mass is 878 g/mol. The predicted octanol–water partition coefficient (Wildman–Crippen LogP) is 9.89. The lowest BCUT2D eigenvalue weighted by atomic mass is 9.81. The van der Waals surface area contributed by atoms with E-state index in [4.69, 9.17) is 10.0 Å². The molecule has 2 nitrogen and oxygen atoms in total. The van der Waals surface area contributed by atoms with Crippen molar-refractivity contribution in [1.82, 2.24) is 0 Å². The summed E-state index contributed by atoms with van der Waals surface area (Å²) in [4.78, 5) is 1.97. The summed E-state index contributed by atoms with van der Waals surface area (Å²) in [6.45, 7) is 0. The summed E-state index contributed by atoms with van der Waals surface area (Å²) in [5, 5.41) is 22.3. The molecular formula is C33H27BBr2I2O2. The van der Waals surface area contributed by atoms with Gasteiger partial charge in [0, 0.05) is 12.5 Å². The number of benzene rings is 6. The maximum atomic E-state index is 8.58. The molecule has 6 aromatic rings. The van der Waals surface area contributed by atoms with E-state index in [1.165, 1.54) is 36.2 Å². The highest BCUT2D eigenvalue weighted by Crippen LogP contribution is 2.26. The Balaban J connectivity index is 0.000000169. The van der Waals surface area contributed by atoms with Crippen molar-refractivity contribution in [3.8, 4) is 11.1 Å². The summed E-state index contributed by atoms with van der Waals surface area (Å²) in [5.74, 6) is 0. The maximum absolute atomic E-state index is 8.58. The molecule has 0 heterocycles. The van der Waals surface area contributed by atoms with Gasteiger partial charge in [0.15, 0.2) is 0 Å². The van der Waals surface area contributed by atoms with Gasteiger partial charge in [-0.3, -0.25) is 0 Å². The number of halogens is 4. The molecule has 0 aromatic heterocycles. The third kappa shape index (κ3) is 10.3. The number of fused-ring (bicyclic) bond motifs is 2. The third-order valence-electron chi connectivity index (χ3n) is 5.77. The third-order valence-corrected chi connectivity index (χ3v) is 7.43. The smallest absolute Gasteiger partial charge is 0.423 e. The van der Waals surface area contributed by atoms with Crippen molar-refractivity contribution in [2.24, 2.45) is 0 Å². The molecule has 40 heavy (non-hydrogen) atoms. The lowest BCUT2D eigenvalue weighted by molar-refractivity contribution is 0.426. The summed E-state index contributed by atoms with van der Waals surface area (Å²) >= 11 is 11.4. The van der Waals surface area contributed by atoms with Gasteiger partial charge < -0.3 is 10.0 Å². The molecule has 0 unspecified atom stereocenters. The molecule has 0 aliphatic carbocycles. The second-order valence-corrected chi connectivity index (χ2v) is 11.6. The average molecular weight is 880 g/mol. The predicted molar refractivity (Wildman–Crippen MR) is 198 cm³/mol. The van der Waals surface area contributed by atoms with E-state index in [2.05, 4.69) is 174 Å². The molecule has 7 heteroatoms. The lowest BCUT2D eigenvalue weighted by Gasteiger charge is -2.04. The SMILES string of the molecule is Brc1ccc2cc(-c3ccccc3)ccc2c1.Brc1ccc2cc(I)ccc2c1.CI.OB(O)c1ccccc1. The normalized spacial score (nSPS) is 9.88. The van der Waals surface area contributed by atoms with Crippen LogP contribution in [-0.4, -0.2) is 22.1 Å². The summed E-state index contributed by atoms with van der Waals surface area (Å²) < 4.78 is 3.54. The molecule has 0 saturated heterocycles. The van der Waals surface area contributed by atoms with E-state index in [0.29, 0.717) is 5.46 Å². The highest BCUT2D eigenvalue weighted by molar-refractivity contribution is 14.1. The van der Waals surface area contributed by atoms with Crippen molar-refractivity contribution in [2.75, 3.05) is 4.93 Å². The van der Waals surface area contributed by atoms with Crippen LogP contribution in [0.15, 0.2) is 142 Å². The van der Waals surface area contributed by atoms with E-state index >= 15 is 0 Å². The highest BCUT2D eigenvalue weighted by atomic mass is 127. The molecule has 0 spiro atoms. The summed E-state index contributed by atoms with van der Waals surface area (Å²) in [6.07, 6.45) is 0. The number of alkyl halides is 1.